The molecule has 0 aliphatic heterocycles. The predicted octanol–water partition coefficient (Wildman–Crippen LogP) is 2.03. The Labute approximate surface area is 92.8 Å². The Morgan fingerprint density at radius 3 is 2.00 bits per heavy atom. The van der Waals surface area contributed by atoms with Gasteiger partial charge in [0.2, 0.25) is 0 Å². The van der Waals surface area contributed by atoms with Crippen molar-refractivity contribution in [3.63, 3.8) is 0 Å². The first kappa shape index (κ1) is 12.9. The fourth-order valence-corrected chi connectivity index (χ4v) is 7.69. The van der Waals surface area contributed by atoms with Crippen LogP contribution >= 0.6 is 19.9 Å². The molecule has 0 aromatic carbocycles. The first-order valence-corrected chi connectivity index (χ1v) is 13.4. The number of carbonyl (C=O) groups excluding carboxylic acids is 1. The molecule has 0 aromatic heterocycles. The molecular formula is C7H10Cl2HgO2. The van der Waals surface area contributed by atoms with Crippen molar-refractivity contribution in [2.75, 3.05) is 0 Å². The number of Topliss-reactive ketones (excluding diaryl/α,β-unsaturated/α-hetero) is 1. The summed E-state index contributed by atoms with van der Waals surface area (Å²) in [5.41, 5.74) is -1.14. The number of carbonyl (C=O) groups is 1. The summed E-state index contributed by atoms with van der Waals surface area (Å²) >= 11 is 3.96. The number of halogens is 2. The standard InChI is InChI=1S/C7H10ClO2.ClH.Hg/c1-5(9)4-6(8)7(2,3)10;;/h10H,1-3H3;1H;/q;;+1/p-1. The third-order valence-corrected chi connectivity index (χ3v) is 9.62. The molecule has 1 N–H and O–H groups in total. The molecule has 0 atom stereocenters. The summed E-state index contributed by atoms with van der Waals surface area (Å²) in [4.78, 5) is 11.0. The van der Waals surface area contributed by atoms with Gasteiger partial charge < -0.3 is 0 Å². The van der Waals surface area contributed by atoms with Crippen molar-refractivity contribution in [3.05, 3.63) is 8.11 Å². The van der Waals surface area contributed by atoms with E-state index in [0.717, 1.165) is 0 Å². The van der Waals surface area contributed by atoms with Crippen LogP contribution in [0.15, 0.2) is 8.11 Å². The molecule has 0 radical (unpaired) electrons. The summed E-state index contributed by atoms with van der Waals surface area (Å²) in [6, 6.07) is 0. The molecule has 0 bridgehead atoms. The molecule has 5 heteroatoms. The van der Waals surface area contributed by atoms with E-state index in [1.54, 1.807) is 13.8 Å². The zero-order valence-electron chi connectivity index (χ0n) is 7.32. The molecule has 66 valence electrons. The SMILES string of the molecule is CC(=O)/[C]([Hg][Cl])=C(\Cl)C(C)(C)O. The molecule has 0 heterocycles. The van der Waals surface area contributed by atoms with Crippen LogP contribution in [0.5, 0.6) is 0 Å². The van der Waals surface area contributed by atoms with Crippen LogP contribution in [0.1, 0.15) is 20.8 Å². The first-order chi connectivity index (χ1) is 5.30. The Morgan fingerprint density at radius 1 is 1.50 bits per heavy atom. The van der Waals surface area contributed by atoms with Crippen molar-refractivity contribution in [1.29, 1.82) is 0 Å². The van der Waals surface area contributed by atoms with Gasteiger partial charge in [-0.25, -0.2) is 0 Å². The minimum atomic E-state index is -1.83. The zero-order valence-corrected chi connectivity index (χ0v) is 14.3. The zero-order chi connectivity index (χ0) is 9.94. The van der Waals surface area contributed by atoms with Crippen molar-refractivity contribution in [1.82, 2.24) is 0 Å². The molecule has 0 spiro atoms. The number of hydrogen-bond donors (Lipinski definition) is 1. The second-order valence-electron chi connectivity index (χ2n) is 3.04. The third-order valence-electron chi connectivity index (χ3n) is 1.36. The maximum atomic E-state index is 11.0. The van der Waals surface area contributed by atoms with Crippen LogP contribution in [-0.2, 0) is 28.1 Å². The molecule has 0 aromatic rings. The molecule has 0 saturated heterocycles. The van der Waals surface area contributed by atoms with Crippen molar-refractivity contribution in [2.24, 2.45) is 0 Å². The number of hydrogen-bond acceptors (Lipinski definition) is 2. The van der Waals surface area contributed by atoms with Gasteiger partial charge in [0.05, 0.1) is 0 Å². The van der Waals surface area contributed by atoms with Crippen LogP contribution in [0.2, 0.25) is 0 Å². The Morgan fingerprint density at radius 2 is 1.92 bits per heavy atom. The van der Waals surface area contributed by atoms with Crippen molar-refractivity contribution in [3.8, 4) is 0 Å². The Bertz CT molecular complexity index is 218. The van der Waals surface area contributed by atoms with Crippen molar-refractivity contribution in [2.45, 2.75) is 26.4 Å². The van der Waals surface area contributed by atoms with Gasteiger partial charge in [-0.2, -0.15) is 0 Å². The summed E-state index contributed by atoms with van der Waals surface area (Å²) in [7, 11) is 5.71. The molecule has 0 aliphatic rings. The predicted molar refractivity (Wildman–Crippen MR) is 45.7 cm³/mol. The van der Waals surface area contributed by atoms with Crippen molar-refractivity contribution >= 4 is 25.6 Å². The van der Waals surface area contributed by atoms with Gasteiger partial charge in [-0.3, -0.25) is 0 Å². The average Bonchev–Trinajstić information content (AvgIpc) is 1.86. The van der Waals surface area contributed by atoms with E-state index in [1.807, 2.05) is 0 Å². The second kappa shape index (κ2) is 4.94. The van der Waals surface area contributed by atoms with E-state index < -0.39 is 28.9 Å². The van der Waals surface area contributed by atoms with E-state index in [0.29, 0.717) is 3.08 Å². The molecule has 0 aliphatic carbocycles. The van der Waals surface area contributed by atoms with Crippen LogP contribution in [-0.4, -0.2) is 16.5 Å². The molecular weight excluding hydrogens is 388 g/mol. The van der Waals surface area contributed by atoms with E-state index >= 15 is 0 Å². The molecule has 0 saturated carbocycles. The third kappa shape index (κ3) is 3.73. The number of ketones is 1. The number of rotatable bonds is 3. The molecule has 0 fully saturated rings. The summed E-state index contributed by atoms with van der Waals surface area (Å²) in [5, 5.41) is 9.69. The monoisotopic (exact) mass is 398 g/mol. The number of allylic oxidation sites excluding steroid dienone is 1. The van der Waals surface area contributed by atoms with Gasteiger partial charge in [-0.15, -0.1) is 0 Å². The molecule has 12 heavy (non-hydrogen) atoms. The summed E-state index contributed by atoms with van der Waals surface area (Å²) in [6.07, 6.45) is 0. The van der Waals surface area contributed by atoms with Crippen LogP contribution in [0, 0.1) is 0 Å². The average molecular weight is 398 g/mol. The van der Waals surface area contributed by atoms with Crippen molar-refractivity contribution < 1.29 is 33.2 Å². The summed E-state index contributed by atoms with van der Waals surface area (Å²) in [6.45, 7) is 4.50. The number of aliphatic hydroxyl groups is 1. The Hall–Kier alpha value is 0.885. The van der Waals surface area contributed by atoms with Gasteiger partial charge in [-0.05, 0) is 0 Å². The van der Waals surface area contributed by atoms with E-state index in [4.69, 9.17) is 19.9 Å². The van der Waals surface area contributed by atoms with Gasteiger partial charge >= 0.3 is 93.4 Å². The van der Waals surface area contributed by atoms with Gasteiger partial charge in [0.25, 0.3) is 0 Å². The van der Waals surface area contributed by atoms with E-state index in [9.17, 15) is 9.90 Å². The normalized spacial score (nSPS) is 13.5. The summed E-state index contributed by atoms with van der Waals surface area (Å²) < 4.78 is 0.492. The maximum absolute atomic E-state index is 11.0. The summed E-state index contributed by atoms with van der Waals surface area (Å²) in [5.74, 6) is -0.112. The molecule has 0 amide bonds. The van der Waals surface area contributed by atoms with Gasteiger partial charge in [0.15, 0.2) is 0 Å². The van der Waals surface area contributed by atoms with E-state index in [-0.39, 0.29) is 10.8 Å². The van der Waals surface area contributed by atoms with Crippen LogP contribution in [0.3, 0.4) is 0 Å². The fraction of sp³-hybridized carbons (Fsp3) is 0.571. The minimum absolute atomic E-state index is 0.112. The Kier molecular flexibility index (Phi) is 5.30. The van der Waals surface area contributed by atoms with Gasteiger partial charge in [-0.1, -0.05) is 0 Å². The van der Waals surface area contributed by atoms with Crippen LogP contribution < -0.4 is 0 Å². The van der Waals surface area contributed by atoms with Crippen LogP contribution in [0.4, 0.5) is 0 Å². The second-order valence-corrected chi connectivity index (χ2v) is 9.55. The molecule has 0 unspecified atom stereocenters. The van der Waals surface area contributed by atoms with Gasteiger partial charge in [0.1, 0.15) is 0 Å². The van der Waals surface area contributed by atoms with E-state index in [1.165, 1.54) is 6.92 Å². The topological polar surface area (TPSA) is 37.3 Å². The van der Waals surface area contributed by atoms with Crippen LogP contribution in [0.25, 0.3) is 0 Å². The molecule has 2 nitrogen and oxygen atoms in total. The molecule has 0 rings (SSSR count). The fourth-order valence-electron chi connectivity index (χ4n) is 0.677. The van der Waals surface area contributed by atoms with E-state index in [2.05, 4.69) is 0 Å². The first-order valence-electron chi connectivity index (χ1n) is 3.49. The quantitative estimate of drug-likeness (QED) is 0.584. The van der Waals surface area contributed by atoms with Gasteiger partial charge in [0, 0.05) is 0 Å². The Balaban J connectivity index is 4.99.